The van der Waals surface area contributed by atoms with Crippen molar-refractivity contribution >= 4 is 17.4 Å². The number of benzene rings is 1. The Labute approximate surface area is 172 Å². The van der Waals surface area contributed by atoms with Gasteiger partial charge in [0.1, 0.15) is 0 Å². The van der Waals surface area contributed by atoms with Crippen LogP contribution in [0.2, 0.25) is 0 Å². The highest BCUT2D eigenvalue weighted by Gasteiger charge is 2.65. The lowest BCUT2D eigenvalue weighted by Crippen LogP contribution is -2.52. The zero-order valence-corrected chi connectivity index (χ0v) is 17.1. The van der Waals surface area contributed by atoms with Crippen LogP contribution >= 0.6 is 11.3 Å². The molecule has 1 unspecified atom stereocenters. The van der Waals surface area contributed by atoms with E-state index in [1.54, 1.807) is 13.1 Å². The molecule has 0 saturated heterocycles. The van der Waals surface area contributed by atoms with Gasteiger partial charge in [0.15, 0.2) is 16.3 Å². The van der Waals surface area contributed by atoms with Crippen molar-refractivity contribution < 1.29 is 36.6 Å². The lowest BCUT2D eigenvalue weighted by Gasteiger charge is -2.31. The van der Waals surface area contributed by atoms with E-state index in [9.17, 15) is 22.4 Å². The molecule has 0 fully saturated rings. The molecular formula is C18H19F4N3O4S. The maximum absolute atomic E-state index is 13.5. The Morgan fingerprint density at radius 2 is 1.93 bits per heavy atom. The molecule has 30 heavy (non-hydrogen) atoms. The van der Waals surface area contributed by atoms with Crippen LogP contribution in [-0.2, 0) is 4.74 Å². The average molecular weight is 449 g/mol. The van der Waals surface area contributed by atoms with Crippen molar-refractivity contribution in [3.63, 3.8) is 0 Å². The number of carbonyl (C=O) groups is 1. The Kier molecular flexibility index (Phi) is 6.09. The number of urea groups is 1. The number of aryl methyl sites for hydroxylation is 1. The van der Waals surface area contributed by atoms with Crippen LogP contribution in [-0.4, -0.2) is 42.6 Å². The van der Waals surface area contributed by atoms with Gasteiger partial charge in [0.2, 0.25) is 0 Å². The standard InChI is InChI=1S/C18H19F4N3O4S/c1-4-11(9-27-3)23-15(26)24-16-25(8-10(2)30-16)12-5-6-13-14(7-12)29-18(21,22)17(19,20)28-13/h5-8,11H,4,9H2,1-3H3,(H,23,26)/b24-16-. The fourth-order valence-electron chi connectivity index (χ4n) is 2.68. The number of rotatable bonds is 5. The van der Waals surface area contributed by atoms with Crippen molar-refractivity contribution in [2.45, 2.75) is 38.5 Å². The molecule has 1 aromatic carbocycles. The van der Waals surface area contributed by atoms with E-state index in [-0.39, 0.29) is 16.5 Å². The predicted molar refractivity (Wildman–Crippen MR) is 99.6 cm³/mol. The molecule has 0 aliphatic carbocycles. The molecule has 164 valence electrons. The highest BCUT2D eigenvalue weighted by molar-refractivity contribution is 7.09. The summed E-state index contributed by atoms with van der Waals surface area (Å²) in [6, 6.07) is 2.74. The zero-order chi connectivity index (χ0) is 22.1. The number of ether oxygens (including phenoxy) is 3. The second-order valence-electron chi connectivity index (χ2n) is 6.48. The largest absolute Gasteiger partial charge is 0.507 e. The highest BCUT2D eigenvalue weighted by atomic mass is 32.1. The second-order valence-corrected chi connectivity index (χ2v) is 7.70. The molecule has 0 radical (unpaired) electrons. The average Bonchev–Trinajstić information content (AvgIpc) is 3.01. The van der Waals surface area contributed by atoms with Gasteiger partial charge < -0.3 is 19.5 Å². The van der Waals surface area contributed by atoms with E-state index in [0.29, 0.717) is 13.0 Å². The lowest BCUT2D eigenvalue weighted by atomic mass is 10.2. The summed E-state index contributed by atoms with van der Waals surface area (Å²) in [4.78, 5) is 17.3. The van der Waals surface area contributed by atoms with E-state index >= 15 is 0 Å². The summed E-state index contributed by atoms with van der Waals surface area (Å²) in [7, 11) is 1.52. The minimum Gasteiger partial charge on any atom is -0.421 e. The first-order valence-electron chi connectivity index (χ1n) is 8.87. The number of carbonyl (C=O) groups excluding carboxylic acids is 1. The smallest absolute Gasteiger partial charge is 0.421 e. The number of nitrogens with one attached hydrogen (secondary N) is 1. The molecule has 2 aromatic rings. The van der Waals surface area contributed by atoms with Gasteiger partial charge in [0, 0.05) is 24.3 Å². The second kappa shape index (κ2) is 8.26. The van der Waals surface area contributed by atoms with Gasteiger partial charge in [-0.2, -0.15) is 22.6 Å². The number of halogens is 4. The van der Waals surface area contributed by atoms with Crippen LogP contribution in [0.3, 0.4) is 0 Å². The number of hydrogen-bond donors (Lipinski definition) is 1. The first-order chi connectivity index (χ1) is 14.1. The number of nitrogens with zero attached hydrogens (tertiary/aromatic N) is 2. The van der Waals surface area contributed by atoms with E-state index in [2.05, 4.69) is 19.8 Å². The molecule has 1 aliphatic heterocycles. The van der Waals surface area contributed by atoms with E-state index in [4.69, 9.17) is 4.74 Å². The van der Waals surface area contributed by atoms with Crippen molar-refractivity contribution in [1.82, 2.24) is 9.88 Å². The monoisotopic (exact) mass is 449 g/mol. The number of aromatic nitrogens is 1. The SMILES string of the molecule is CCC(COC)NC(=O)/N=c1\sc(C)cn1-c1ccc2c(c1)OC(F)(F)C(F)(F)O2. The van der Waals surface area contributed by atoms with Gasteiger partial charge in [-0.05, 0) is 25.5 Å². The summed E-state index contributed by atoms with van der Waals surface area (Å²) < 4.78 is 68.4. The Bertz CT molecular complexity index is 1010. The Morgan fingerprint density at radius 1 is 1.27 bits per heavy atom. The van der Waals surface area contributed by atoms with Gasteiger partial charge in [0.05, 0.1) is 18.3 Å². The van der Waals surface area contributed by atoms with Crippen molar-refractivity contribution in [2.24, 2.45) is 4.99 Å². The fourth-order valence-corrected chi connectivity index (χ4v) is 3.51. The van der Waals surface area contributed by atoms with Crippen LogP contribution < -0.4 is 19.6 Å². The fraction of sp³-hybridized carbons (Fsp3) is 0.444. The quantitative estimate of drug-likeness (QED) is 0.704. The zero-order valence-electron chi connectivity index (χ0n) is 16.2. The predicted octanol–water partition coefficient (Wildman–Crippen LogP) is 3.84. The normalized spacial score (nSPS) is 18.2. The first-order valence-corrected chi connectivity index (χ1v) is 9.69. The maximum atomic E-state index is 13.5. The number of methoxy groups -OCH3 is 1. The molecule has 0 bridgehead atoms. The Balaban J connectivity index is 1.94. The first kappa shape index (κ1) is 22.1. The Hall–Kier alpha value is -2.60. The molecule has 1 atom stereocenters. The molecule has 2 heterocycles. The van der Waals surface area contributed by atoms with Crippen molar-refractivity contribution in [2.75, 3.05) is 13.7 Å². The summed E-state index contributed by atoms with van der Waals surface area (Å²) in [5, 5.41) is 2.71. The molecule has 2 amide bonds. The third kappa shape index (κ3) is 4.43. The highest BCUT2D eigenvalue weighted by Crippen LogP contribution is 2.47. The molecule has 7 nitrogen and oxygen atoms in total. The van der Waals surface area contributed by atoms with E-state index in [1.807, 2.05) is 6.92 Å². The van der Waals surface area contributed by atoms with Gasteiger partial charge >= 0.3 is 18.2 Å². The lowest BCUT2D eigenvalue weighted by molar-refractivity contribution is -0.391. The molecule has 1 aromatic heterocycles. The number of fused-ring (bicyclic) bond motifs is 1. The summed E-state index contributed by atoms with van der Waals surface area (Å²) >= 11 is 1.19. The molecular weight excluding hydrogens is 430 g/mol. The molecule has 12 heteroatoms. The van der Waals surface area contributed by atoms with Crippen LogP contribution in [0.25, 0.3) is 5.69 Å². The van der Waals surface area contributed by atoms with Gasteiger partial charge in [-0.15, -0.1) is 11.3 Å². The third-order valence-electron chi connectivity index (χ3n) is 4.18. The van der Waals surface area contributed by atoms with Crippen LogP contribution in [0.4, 0.5) is 22.4 Å². The van der Waals surface area contributed by atoms with Crippen LogP contribution in [0.1, 0.15) is 18.2 Å². The van der Waals surface area contributed by atoms with E-state index < -0.39 is 29.7 Å². The number of amides is 2. The summed E-state index contributed by atoms with van der Waals surface area (Å²) in [6.07, 6.45) is -7.34. The van der Waals surface area contributed by atoms with Crippen molar-refractivity contribution in [3.05, 3.63) is 34.1 Å². The molecule has 1 aliphatic rings. The maximum Gasteiger partial charge on any atom is 0.507 e. The number of alkyl halides is 4. The van der Waals surface area contributed by atoms with Gasteiger partial charge in [-0.25, -0.2) is 4.79 Å². The van der Waals surface area contributed by atoms with Crippen LogP contribution in [0.15, 0.2) is 29.4 Å². The minimum atomic E-state index is -4.82. The summed E-state index contributed by atoms with van der Waals surface area (Å²) in [5.74, 6) is -1.08. The van der Waals surface area contributed by atoms with Gasteiger partial charge in [-0.3, -0.25) is 4.57 Å². The van der Waals surface area contributed by atoms with Crippen LogP contribution in [0.5, 0.6) is 11.5 Å². The third-order valence-corrected chi connectivity index (χ3v) is 5.07. The summed E-state index contributed by atoms with van der Waals surface area (Å²) in [5.41, 5.74) is 0.276. The van der Waals surface area contributed by atoms with E-state index in [0.717, 1.165) is 17.0 Å². The van der Waals surface area contributed by atoms with Crippen molar-refractivity contribution in [3.8, 4) is 17.2 Å². The van der Waals surface area contributed by atoms with Gasteiger partial charge in [-0.1, -0.05) is 6.92 Å². The molecule has 0 spiro atoms. The topological polar surface area (TPSA) is 74.1 Å². The van der Waals surface area contributed by atoms with Crippen molar-refractivity contribution in [1.29, 1.82) is 0 Å². The van der Waals surface area contributed by atoms with E-state index in [1.165, 1.54) is 29.1 Å². The number of thiazole rings is 1. The van der Waals surface area contributed by atoms with Gasteiger partial charge in [0.25, 0.3) is 0 Å². The molecule has 1 N–H and O–H groups in total. The summed E-state index contributed by atoms with van der Waals surface area (Å²) in [6.45, 7) is 3.97. The number of hydrogen-bond acceptors (Lipinski definition) is 5. The Morgan fingerprint density at radius 3 is 2.57 bits per heavy atom. The minimum absolute atomic E-state index is 0.223. The molecule has 0 saturated carbocycles. The molecule has 3 rings (SSSR count). The van der Waals surface area contributed by atoms with Crippen LogP contribution in [0, 0.1) is 6.92 Å².